The summed E-state index contributed by atoms with van der Waals surface area (Å²) in [5.74, 6) is 0.0861. The van der Waals surface area contributed by atoms with Gasteiger partial charge in [0.25, 0.3) is 5.56 Å². The van der Waals surface area contributed by atoms with E-state index in [1.807, 2.05) is 24.3 Å². The number of aromatic nitrogens is 4. The van der Waals surface area contributed by atoms with E-state index in [-0.39, 0.29) is 23.7 Å². The number of hydrogen-bond donors (Lipinski definition) is 6. The van der Waals surface area contributed by atoms with E-state index >= 15 is 0 Å². The van der Waals surface area contributed by atoms with Gasteiger partial charge in [-0.05, 0) is 17.7 Å². The quantitative estimate of drug-likeness (QED) is 0.275. The number of aliphatic hydroxyl groups is 4. The maximum atomic E-state index is 12.5. The van der Waals surface area contributed by atoms with Gasteiger partial charge in [0.1, 0.15) is 18.3 Å². The van der Waals surface area contributed by atoms with Gasteiger partial charge in [0.2, 0.25) is 5.95 Å². The van der Waals surface area contributed by atoms with E-state index < -0.39 is 42.7 Å². The number of H-pyrrole nitrogens is 1. The summed E-state index contributed by atoms with van der Waals surface area (Å²) in [6.07, 6.45) is -3.42. The zero-order valence-electron chi connectivity index (χ0n) is 15.5. The molecule has 0 radical (unpaired) electrons. The highest BCUT2D eigenvalue weighted by atomic mass is 79.9. The van der Waals surface area contributed by atoms with Crippen molar-refractivity contribution in [2.24, 2.45) is 0 Å². The highest BCUT2D eigenvalue weighted by molar-refractivity contribution is 9.10. The zero-order chi connectivity index (χ0) is 21.4. The Morgan fingerprint density at radius 2 is 1.97 bits per heavy atom. The monoisotopic (exact) mass is 481 g/mol. The first-order valence-corrected chi connectivity index (χ1v) is 9.94. The van der Waals surface area contributed by atoms with E-state index in [1.165, 1.54) is 10.9 Å². The fourth-order valence-corrected chi connectivity index (χ4v) is 3.65. The van der Waals surface area contributed by atoms with Crippen LogP contribution in [0.15, 0.2) is 39.9 Å². The second-order valence-corrected chi connectivity index (χ2v) is 7.81. The highest BCUT2D eigenvalue weighted by Gasteiger charge is 2.44. The first kappa shape index (κ1) is 20.9. The second kappa shape index (κ2) is 8.41. The van der Waals surface area contributed by atoms with E-state index in [4.69, 9.17) is 4.74 Å². The fraction of sp³-hybridized carbons (Fsp3) is 0.389. The van der Waals surface area contributed by atoms with Crippen molar-refractivity contribution in [2.45, 2.75) is 30.6 Å². The summed E-state index contributed by atoms with van der Waals surface area (Å²) in [4.78, 5) is 23.4. The third-order valence-corrected chi connectivity index (χ3v) is 5.52. The van der Waals surface area contributed by atoms with Gasteiger partial charge in [-0.2, -0.15) is 4.98 Å². The van der Waals surface area contributed by atoms with Crippen LogP contribution in [0.25, 0.3) is 11.2 Å². The molecule has 1 aliphatic heterocycles. The fourth-order valence-electron chi connectivity index (χ4n) is 3.39. The van der Waals surface area contributed by atoms with Gasteiger partial charge < -0.3 is 30.5 Å². The van der Waals surface area contributed by atoms with Crippen molar-refractivity contribution in [2.75, 3.05) is 18.5 Å². The van der Waals surface area contributed by atoms with Crippen molar-refractivity contribution in [3.05, 3.63) is 51.0 Å². The van der Waals surface area contributed by atoms with E-state index in [0.717, 1.165) is 10.0 Å². The van der Waals surface area contributed by atoms with Crippen LogP contribution in [0.1, 0.15) is 17.8 Å². The molecule has 5 atom stereocenters. The lowest BCUT2D eigenvalue weighted by molar-refractivity contribution is -0.0511. The highest BCUT2D eigenvalue weighted by Crippen LogP contribution is 2.31. The Morgan fingerprint density at radius 1 is 1.23 bits per heavy atom. The molecule has 6 N–H and O–H groups in total. The number of halogens is 1. The maximum Gasteiger partial charge on any atom is 0.280 e. The van der Waals surface area contributed by atoms with Crippen LogP contribution in [0.5, 0.6) is 0 Å². The molecule has 11 nitrogen and oxygen atoms in total. The molecule has 1 fully saturated rings. The Kier molecular flexibility index (Phi) is 5.86. The predicted molar refractivity (Wildman–Crippen MR) is 109 cm³/mol. The molecule has 2 aromatic heterocycles. The van der Waals surface area contributed by atoms with Crippen LogP contribution in [0.2, 0.25) is 0 Å². The molecule has 0 amide bonds. The van der Waals surface area contributed by atoms with E-state index in [0.29, 0.717) is 0 Å². The third-order valence-electron chi connectivity index (χ3n) is 4.99. The second-order valence-electron chi connectivity index (χ2n) is 6.90. The molecule has 160 valence electrons. The SMILES string of the molecule is O=c1[nH]c(N[C@H](CO)c2ccc(Br)cc2)nc2c1ncn2[C@@H]1O[C@H](CO)[C@@H](O)[C@H]1O. The number of aliphatic hydroxyl groups excluding tert-OH is 4. The molecule has 4 rings (SSSR count). The van der Waals surface area contributed by atoms with Gasteiger partial charge in [-0.3, -0.25) is 14.3 Å². The molecule has 1 aromatic carbocycles. The predicted octanol–water partition coefficient (Wildman–Crippen LogP) is -0.361. The van der Waals surface area contributed by atoms with Crippen LogP contribution in [-0.4, -0.2) is 71.5 Å². The Hall–Kier alpha value is -2.35. The molecule has 30 heavy (non-hydrogen) atoms. The third kappa shape index (κ3) is 3.73. The van der Waals surface area contributed by atoms with E-state index in [2.05, 4.69) is 36.2 Å². The molecule has 0 saturated carbocycles. The van der Waals surface area contributed by atoms with Crippen molar-refractivity contribution >= 4 is 33.0 Å². The Labute approximate surface area is 178 Å². The molecule has 1 saturated heterocycles. The van der Waals surface area contributed by atoms with Gasteiger partial charge in [0.05, 0.1) is 25.6 Å². The zero-order valence-corrected chi connectivity index (χ0v) is 17.1. The van der Waals surface area contributed by atoms with Crippen LogP contribution >= 0.6 is 15.9 Å². The van der Waals surface area contributed by atoms with Crippen molar-refractivity contribution in [3.63, 3.8) is 0 Å². The normalized spacial score (nSPS) is 25.0. The number of imidazole rings is 1. The van der Waals surface area contributed by atoms with Crippen molar-refractivity contribution < 1.29 is 25.2 Å². The molecule has 0 unspecified atom stereocenters. The standard InChI is InChI=1S/C18H20BrN5O6/c19-9-3-1-8(2-4-9)10(5-25)21-18-22-15-12(16(29)23-18)20-7-24(15)17-14(28)13(27)11(6-26)30-17/h1-4,7,10-11,13-14,17,25-28H,5-6H2,(H2,21,22,23,29)/t10-,11-,13-,14-,17-/m1/s1. The lowest BCUT2D eigenvalue weighted by Gasteiger charge is -2.18. The van der Waals surface area contributed by atoms with Crippen molar-refractivity contribution in [1.29, 1.82) is 0 Å². The Balaban J connectivity index is 1.68. The minimum Gasteiger partial charge on any atom is -0.394 e. The number of benzene rings is 1. The average molecular weight is 482 g/mol. The smallest absolute Gasteiger partial charge is 0.280 e. The number of hydrogen-bond acceptors (Lipinski definition) is 9. The molecular formula is C18H20BrN5O6. The Bertz CT molecular complexity index is 1090. The largest absolute Gasteiger partial charge is 0.394 e. The van der Waals surface area contributed by atoms with Gasteiger partial charge >= 0.3 is 0 Å². The molecule has 0 spiro atoms. The minimum atomic E-state index is -1.34. The van der Waals surface area contributed by atoms with Crippen LogP contribution in [0, 0.1) is 0 Å². The summed E-state index contributed by atoms with van der Waals surface area (Å²) in [6.45, 7) is -0.731. The summed E-state index contributed by atoms with van der Waals surface area (Å²) in [5, 5.41) is 42.3. The summed E-state index contributed by atoms with van der Waals surface area (Å²) in [5.41, 5.74) is 0.381. The summed E-state index contributed by atoms with van der Waals surface area (Å²) in [6, 6.07) is 6.76. The van der Waals surface area contributed by atoms with Gasteiger partial charge in [-0.1, -0.05) is 28.1 Å². The Morgan fingerprint density at radius 3 is 2.60 bits per heavy atom. The summed E-state index contributed by atoms with van der Waals surface area (Å²) >= 11 is 3.36. The summed E-state index contributed by atoms with van der Waals surface area (Å²) in [7, 11) is 0. The molecule has 1 aliphatic rings. The van der Waals surface area contributed by atoms with E-state index in [9.17, 15) is 25.2 Å². The van der Waals surface area contributed by atoms with Crippen LogP contribution in [0.3, 0.4) is 0 Å². The molecule has 3 aromatic rings. The van der Waals surface area contributed by atoms with Crippen LogP contribution in [-0.2, 0) is 4.74 Å². The number of anilines is 1. The van der Waals surface area contributed by atoms with Crippen LogP contribution in [0.4, 0.5) is 5.95 Å². The maximum absolute atomic E-state index is 12.5. The first-order valence-electron chi connectivity index (χ1n) is 9.15. The van der Waals surface area contributed by atoms with Crippen molar-refractivity contribution in [1.82, 2.24) is 19.5 Å². The lowest BCUT2D eigenvalue weighted by atomic mass is 10.1. The molecule has 0 aliphatic carbocycles. The van der Waals surface area contributed by atoms with Gasteiger partial charge in [-0.15, -0.1) is 0 Å². The number of aromatic amines is 1. The first-order chi connectivity index (χ1) is 14.4. The lowest BCUT2D eigenvalue weighted by Crippen LogP contribution is -2.33. The molecule has 12 heteroatoms. The number of fused-ring (bicyclic) bond motifs is 1. The van der Waals surface area contributed by atoms with Gasteiger partial charge in [0.15, 0.2) is 17.4 Å². The minimum absolute atomic E-state index is 0.0162. The average Bonchev–Trinajstić information content (AvgIpc) is 3.28. The molecule has 3 heterocycles. The summed E-state index contributed by atoms with van der Waals surface area (Å²) < 4.78 is 7.72. The topological polar surface area (TPSA) is 166 Å². The van der Waals surface area contributed by atoms with Gasteiger partial charge in [-0.25, -0.2) is 4.98 Å². The van der Waals surface area contributed by atoms with Crippen molar-refractivity contribution in [3.8, 4) is 0 Å². The molecular weight excluding hydrogens is 462 g/mol. The van der Waals surface area contributed by atoms with Gasteiger partial charge in [0, 0.05) is 4.47 Å². The van der Waals surface area contributed by atoms with E-state index in [1.54, 1.807) is 0 Å². The number of rotatable bonds is 6. The number of nitrogens with one attached hydrogen (secondary N) is 2. The molecule has 0 bridgehead atoms. The number of nitrogens with zero attached hydrogens (tertiary/aromatic N) is 3. The number of ether oxygens (including phenoxy) is 1. The van der Waals surface area contributed by atoms with Crippen LogP contribution < -0.4 is 10.9 Å².